The number of fused-ring (bicyclic) bond motifs is 1. The molecule has 1 aromatic carbocycles. The van der Waals surface area contributed by atoms with Gasteiger partial charge in [0.1, 0.15) is 0 Å². The Morgan fingerprint density at radius 3 is 2.90 bits per heavy atom. The van der Waals surface area contributed by atoms with E-state index in [0.29, 0.717) is 0 Å². The van der Waals surface area contributed by atoms with Crippen molar-refractivity contribution in [2.45, 2.75) is 25.8 Å². The van der Waals surface area contributed by atoms with Gasteiger partial charge in [-0.3, -0.25) is 4.68 Å². The molecular formula is C16H22N4. The Labute approximate surface area is 120 Å². The number of aryl methyl sites for hydroxylation is 1. The minimum Gasteiger partial charge on any atom is -0.371 e. The number of nitrogens with two attached hydrogens (primary N) is 1. The molecule has 1 aliphatic rings. The van der Waals surface area contributed by atoms with Crippen molar-refractivity contribution in [2.24, 2.45) is 12.8 Å². The second-order valence-electron chi connectivity index (χ2n) is 5.61. The van der Waals surface area contributed by atoms with E-state index in [0.717, 1.165) is 25.9 Å². The van der Waals surface area contributed by atoms with Crippen molar-refractivity contribution < 1.29 is 0 Å². The van der Waals surface area contributed by atoms with Crippen molar-refractivity contribution in [1.29, 1.82) is 0 Å². The predicted octanol–water partition coefficient (Wildman–Crippen LogP) is 2.04. The molecule has 2 N–H and O–H groups in total. The van der Waals surface area contributed by atoms with E-state index in [1.807, 2.05) is 24.9 Å². The largest absolute Gasteiger partial charge is 0.371 e. The van der Waals surface area contributed by atoms with Crippen LogP contribution in [-0.4, -0.2) is 22.9 Å². The first kappa shape index (κ1) is 13.2. The minimum absolute atomic E-state index is 0.115. The third-order valence-electron chi connectivity index (χ3n) is 4.18. The molecule has 0 aliphatic carbocycles. The van der Waals surface area contributed by atoms with Crippen LogP contribution in [0.2, 0.25) is 0 Å². The van der Waals surface area contributed by atoms with Crippen LogP contribution >= 0.6 is 0 Å². The Morgan fingerprint density at radius 2 is 2.20 bits per heavy atom. The molecule has 20 heavy (non-hydrogen) atoms. The topological polar surface area (TPSA) is 47.1 Å². The number of rotatable bonds is 4. The highest BCUT2D eigenvalue weighted by molar-refractivity contribution is 5.59. The summed E-state index contributed by atoms with van der Waals surface area (Å²) in [7, 11) is 2.00. The van der Waals surface area contributed by atoms with Crippen LogP contribution in [0, 0.1) is 0 Å². The van der Waals surface area contributed by atoms with Crippen LogP contribution < -0.4 is 10.6 Å². The maximum Gasteiger partial charge on any atom is 0.0492 e. The molecule has 1 unspecified atom stereocenters. The van der Waals surface area contributed by atoms with Crippen molar-refractivity contribution in [3.63, 3.8) is 0 Å². The summed E-state index contributed by atoms with van der Waals surface area (Å²) in [5.74, 6) is 0. The second kappa shape index (κ2) is 5.29. The van der Waals surface area contributed by atoms with Gasteiger partial charge < -0.3 is 10.6 Å². The maximum absolute atomic E-state index is 5.96. The van der Waals surface area contributed by atoms with E-state index in [9.17, 15) is 0 Å². The monoisotopic (exact) mass is 270 g/mol. The lowest BCUT2D eigenvalue weighted by Crippen LogP contribution is -2.24. The lowest BCUT2D eigenvalue weighted by Gasteiger charge is -2.20. The van der Waals surface area contributed by atoms with Gasteiger partial charge in [0.05, 0.1) is 0 Å². The fourth-order valence-corrected chi connectivity index (χ4v) is 2.90. The van der Waals surface area contributed by atoms with Gasteiger partial charge in [0, 0.05) is 50.2 Å². The molecule has 1 aliphatic heterocycles. The molecule has 3 rings (SSSR count). The molecular weight excluding hydrogens is 248 g/mol. The molecule has 4 nitrogen and oxygen atoms in total. The highest BCUT2D eigenvalue weighted by Gasteiger charge is 2.19. The Bertz CT molecular complexity index is 600. The molecule has 106 valence electrons. The van der Waals surface area contributed by atoms with Crippen molar-refractivity contribution in [3.05, 3.63) is 47.3 Å². The van der Waals surface area contributed by atoms with Gasteiger partial charge in [0.25, 0.3) is 0 Å². The Balaban J connectivity index is 1.71. The summed E-state index contributed by atoms with van der Waals surface area (Å²) in [6.07, 6.45) is 4.02. The quantitative estimate of drug-likeness (QED) is 0.925. The zero-order valence-corrected chi connectivity index (χ0v) is 12.2. The molecule has 1 atom stereocenters. The van der Waals surface area contributed by atoms with E-state index in [4.69, 9.17) is 5.73 Å². The molecule has 0 fully saturated rings. The first-order chi connectivity index (χ1) is 9.65. The van der Waals surface area contributed by atoms with Crippen LogP contribution in [0.3, 0.4) is 0 Å². The van der Waals surface area contributed by atoms with Gasteiger partial charge >= 0.3 is 0 Å². The molecule has 0 saturated heterocycles. The highest BCUT2D eigenvalue weighted by atomic mass is 15.3. The second-order valence-corrected chi connectivity index (χ2v) is 5.61. The zero-order valence-electron chi connectivity index (χ0n) is 12.2. The van der Waals surface area contributed by atoms with Crippen molar-refractivity contribution in [3.8, 4) is 0 Å². The van der Waals surface area contributed by atoms with Gasteiger partial charge in [-0.1, -0.05) is 12.1 Å². The number of anilines is 1. The van der Waals surface area contributed by atoms with Crippen molar-refractivity contribution >= 4 is 5.69 Å². The van der Waals surface area contributed by atoms with Crippen LogP contribution in [-0.2, 0) is 19.9 Å². The first-order valence-corrected chi connectivity index (χ1v) is 7.25. The summed E-state index contributed by atoms with van der Waals surface area (Å²) in [6.45, 7) is 4.19. The summed E-state index contributed by atoms with van der Waals surface area (Å²) in [6, 6.07) is 8.86. The zero-order chi connectivity index (χ0) is 14.1. The molecule has 0 spiro atoms. The average molecular weight is 270 g/mol. The third-order valence-corrected chi connectivity index (χ3v) is 4.18. The van der Waals surface area contributed by atoms with E-state index in [2.05, 4.69) is 34.3 Å². The normalized spacial score (nSPS) is 15.4. The van der Waals surface area contributed by atoms with Gasteiger partial charge in [0.15, 0.2) is 0 Å². The van der Waals surface area contributed by atoms with E-state index >= 15 is 0 Å². The fourth-order valence-electron chi connectivity index (χ4n) is 2.90. The van der Waals surface area contributed by atoms with Gasteiger partial charge in [0.2, 0.25) is 0 Å². The lowest BCUT2D eigenvalue weighted by molar-refractivity contribution is 0.692. The average Bonchev–Trinajstić information content (AvgIpc) is 3.02. The van der Waals surface area contributed by atoms with Crippen LogP contribution in [0.1, 0.15) is 29.8 Å². The molecule has 0 saturated carbocycles. The lowest BCUT2D eigenvalue weighted by atomic mass is 10.0. The molecule has 2 aromatic rings. The SMILES string of the molecule is CC(N)c1ccc2c(c1)CCN2CCc1ccnn1C. The van der Waals surface area contributed by atoms with E-state index in [1.54, 1.807) is 0 Å². The highest BCUT2D eigenvalue weighted by Crippen LogP contribution is 2.30. The van der Waals surface area contributed by atoms with Crippen LogP contribution in [0.4, 0.5) is 5.69 Å². The summed E-state index contributed by atoms with van der Waals surface area (Å²) < 4.78 is 1.95. The summed E-state index contributed by atoms with van der Waals surface area (Å²) in [5.41, 5.74) is 11.3. The number of hydrogen-bond donors (Lipinski definition) is 1. The van der Waals surface area contributed by atoms with E-state index < -0.39 is 0 Å². The van der Waals surface area contributed by atoms with Crippen molar-refractivity contribution in [2.75, 3.05) is 18.0 Å². The number of benzene rings is 1. The first-order valence-electron chi connectivity index (χ1n) is 7.25. The van der Waals surface area contributed by atoms with Crippen LogP contribution in [0.25, 0.3) is 0 Å². The van der Waals surface area contributed by atoms with Gasteiger partial charge in [-0.25, -0.2) is 0 Å². The Kier molecular flexibility index (Phi) is 3.49. The van der Waals surface area contributed by atoms with Crippen molar-refractivity contribution in [1.82, 2.24) is 9.78 Å². The number of aromatic nitrogens is 2. The molecule has 0 amide bonds. The molecule has 4 heteroatoms. The molecule has 0 radical (unpaired) electrons. The summed E-state index contributed by atoms with van der Waals surface area (Å²) in [5, 5.41) is 4.22. The maximum atomic E-state index is 5.96. The predicted molar refractivity (Wildman–Crippen MR) is 81.9 cm³/mol. The third kappa shape index (κ3) is 2.43. The van der Waals surface area contributed by atoms with E-state index in [1.165, 1.54) is 22.5 Å². The van der Waals surface area contributed by atoms with Crippen LogP contribution in [0.5, 0.6) is 0 Å². The number of nitrogens with zero attached hydrogens (tertiary/aromatic N) is 3. The van der Waals surface area contributed by atoms with Gasteiger partial charge in [-0.05, 0) is 36.6 Å². The Morgan fingerprint density at radius 1 is 1.35 bits per heavy atom. The smallest absolute Gasteiger partial charge is 0.0492 e. The summed E-state index contributed by atoms with van der Waals surface area (Å²) in [4.78, 5) is 2.47. The fraction of sp³-hybridized carbons (Fsp3) is 0.438. The summed E-state index contributed by atoms with van der Waals surface area (Å²) >= 11 is 0. The van der Waals surface area contributed by atoms with Crippen LogP contribution in [0.15, 0.2) is 30.5 Å². The molecule has 1 aromatic heterocycles. The number of hydrogen-bond acceptors (Lipinski definition) is 3. The minimum atomic E-state index is 0.115. The standard InChI is InChI=1S/C16H22N4/c1-12(17)13-3-4-16-14(11-13)6-9-20(16)10-7-15-5-8-18-19(15)2/h3-5,8,11-12H,6-7,9-10,17H2,1-2H3. The molecule has 0 bridgehead atoms. The van der Waals surface area contributed by atoms with Gasteiger partial charge in [-0.15, -0.1) is 0 Å². The van der Waals surface area contributed by atoms with E-state index in [-0.39, 0.29) is 6.04 Å². The molecule has 2 heterocycles. The Hall–Kier alpha value is -1.81. The van der Waals surface area contributed by atoms with Gasteiger partial charge in [-0.2, -0.15) is 5.10 Å².